The van der Waals surface area contributed by atoms with Gasteiger partial charge in [0, 0.05) is 11.6 Å². The first-order valence-corrected chi connectivity index (χ1v) is 7.55. The molecule has 1 fully saturated rings. The predicted octanol–water partition coefficient (Wildman–Crippen LogP) is 0.987. The van der Waals surface area contributed by atoms with E-state index in [2.05, 4.69) is 10.6 Å². The van der Waals surface area contributed by atoms with E-state index in [1.807, 2.05) is 26.1 Å². The number of carbonyl (C=O) groups excluding carboxylic acids is 2. The minimum Gasteiger partial charge on any atom is -0.347 e. The molecule has 3 atom stereocenters. The zero-order valence-electron chi connectivity index (χ0n) is 12.9. The molecule has 2 amide bonds. The van der Waals surface area contributed by atoms with Gasteiger partial charge in [-0.25, -0.2) is 5.48 Å². The van der Waals surface area contributed by atoms with Crippen LogP contribution in [0, 0.1) is 12.8 Å². The molecule has 120 valence electrons. The van der Waals surface area contributed by atoms with E-state index in [-0.39, 0.29) is 18.0 Å². The molecule has 0 bridgehead atoms. The fourth-order valence-corrected chi connectivity index (χ4v) is 3.04. The number of hydroxylamine groups is 1. The van der Waals surface area contributed by atoms with Crippen molar-refractivity contribution in [2.24, 2.45) is 5.92 Å². The molecule has 0 aliphatic heterocycles. The summed E-state index contributed by atoms with van der Waals surface area (Å²) < 4.78 is 0. The van der Waals surface area contributed by atoms with E-state index in [4.69, 9.17) is 5.21 Å². The lowest BCUT2D eigenvalue weighted by molar-refractivity contribution is -0.135. The van der Waals surface area contributed by atoms with Crippen molar-refractivity contribution < 1.29 is 14.8 Å². The predicted molar refractivity (Wildman–Crippen MR) is 82.6 cm³/mol. The van der Waals surface area contributed by atoms with Crippen LogP contribution in [0.2, 0.25) is 0 Å². The van der Waals surface area contributed by atoms with Crippen LogP contribution in [0.1, 0.15) is 35.2 Å². The van der Waals surface area contributed by atoms with Crippen molar-refractivity contribution in [1.82, 2.24) is 16.1 Å². The van der Waals surface area contributed by atoms with Crippen LogP contribution in [0.4, 0.5) is 0 Å². The molecule has 0 heterocycles. The van der Waals surface area contributed by atoms with Gasteiger partial charge >= 0.3 is 0 Å². The second kappa shape index (κ2) is 7.38. The highest BCUT2D eigenvalue weighted by Gasteiger charge is 2.37. The van der Waals surface area contributed by atoms with Gasteiger partial charge in [0.2, 0.25) is 5.91 Å². The average molecular weight is 305 g/mol. The molecule has 1 aliphatic carbocycles. The highest BCUT2D eigenvalue weighted by molar-refractivity contribution is 5.95. The van der Waals surface area contributed by atoms with E-state index in [9.17, 15) is 9.59 Å². The molecule has 4 N–H and O–H groups in total. The smallest absolute Gasteiger partial charge is 0.251 e. The van der Waals surface area contributed by atoms with Crippen LogP contribution in [0.3, 0.4) is 0 Å². The molecule has 1 saturated carbocycles. The first-order valence-electron chi connectivity index (χ1n) is 7.55. The Hall–Kier alpha value is -1.92. The topological polar surface area (TPSA) is 90.5 Å². The van der Waals surface area contributed by atoms with E-state index in [0.29, 0.717) is 12.0 Å². The van der Waals surface area contributed by atoms with Crippen molar-refractivity contribution in [3.05, 3.63) is 35.4 Å². The Morgan fingerprint density at radius 2 is 1.86 bits per heavy atom. The van der Waals surface area contributed by atoms with Gasteiger partial charge in [0.1, 0.15) is 0 Å². The normalized spacial score (nSPS) is 24.6. The van der Waals surface area contributed by atoms with Crippen molar-refractivity contribution in [3.63, 3.8) is 0 Å². The lowest BCUT2D eigenvalue weighted by atomic mass is 9.80. The minimum atomic E-state index is -0.450. The monoisotopic (exact) mass is 305 g/mol. The van der Waals surface area contributed by atoms with E-state index >= 15 is 0 Å². The first-order chi connectivity index (χ1) is 10.6. The number of hydrogen-bond donors (Lipinski definition) is 4. The maximum absolute atomic E-state index is 12.4. The first kappa shape index (κ1) is 16.5. The highest BCUT2D eigenvalue weighted by Crippen LogP contribution is 2.25. The molecule has 1 aliphatic rings. The van der Waals surface area contributed by atoms with Crippen molar-refractivity contribution in [2.75, 3.05) is 7.05 Å². The Kier molecular flexibility index (Phi) is 5.51. The molecule has 0 spiro atoms. The third-order valence-electron chi connectivity index (χ3n) is 4.33. The minimum absolute atomic E-state index is 0.00504. The molecule has 3 unspecified atom stereocenters. The lowest BCUT2D eigenvalue weighted by Crippen LogP contribution is -2.58. The second-order valence-corrected chi connectivity index (χ2v) is 5.77. The maximum atomic E-state index is 12.4. The highest BCUT2D eigenvalue weighted by atomic mass is 16.5. The van der Waals surface area contributed by atoms with Crippen LogP contribution in [-0.2, 0) is 4.79 Å². The molecule has 1 aromatic carbocycles. The van der Waals surface area contributed by atoms with Gasteiger partial charge in [0.05, 0.1) is 12.0 Å². The number of aryl methyl sites for hydroxylation is 1. The number of amides is 2. The average Bonchev–Trinajstić information content (AvgIpc) is 2.54. The van der Waals surface area contributed by atoms with E-state index < -0.39 is 11.8 Å². The molecular weight excluding hydrogens is 282 g/mol. The van der Waals surface area contributed by atoms with Gasteiger partial charge in [-0.3, -0.25) is 14.8 Å². The Bertz CT molecular complexity index is 530. The third-order valence-corrected chi connectivity index (χ3v) is 4.33. The quantitative estimate of drug-likeness (QED) is 0.493. The van der Waals surface area contributed by atoms with Gasteiger partial charge in [-0.15, -0.1) is 0 Å². The van der Waals surface area contributed by atoms with E-state index in [0.717, 1.165) is 18.4 Å². The number of likely N-dealkylation sites (N-methyl/N-ethyl adjacent to an activating group) is 1. The fourth-order valence-electron chi connectivity index (χ4n) is 3.04. The van der Waals surface area contributed by atoms with Crippen molar-refractivity contribution in [2.45, 2.75) is 38.3 Å². The number of nitrogens with one attached hydrogen (secondary N) is 3. The summed E-state index contributed by atoms with van der Waals surface area (Å²) in [6, 6.07) is 6.95. The largest absolute Gasteiger partial charge is 0.347 e. The van der Waals surface area contributed by atoms with Gasteiger partial charge in [0.15, 0.2) is 0 Å². The number of hydrogen-bond acceptors (Lipinski definition) is 4. The van der Waals surface area contributed by atoms with E-state index in [1.165, 1.54) is 0 Å². The van der Waals surface area contributed by atoms with Crippen LogP contribution >= 0.6 is 0 Å². The van der Waals surface area contributed by atoms with Gasteiger partial charge in [-0.05, 0) is 38.9 Å². The summed E-state index contributed by atoms with van der Waals surface area (Å²) in [4.78, 5) is 24.3. The van der Waals surface area contributed by atoms with Crippen molar-refractivity contribution >= 4 is 11.8 Å². The second-order valence-electron chi connectivity index (χ2n) is 5.77. The molecule has 6 heteroatoms. The van der Waals surface area contributed by atoms with Crippen LogP contribution in [0.15, 0.2) is 24.3 Å². The number of rotatable bonds is 4. The van der Waals surface area contributed by atoms with Gasteiger partial charge in [0.25, 0.3) is 5.91 Å². The lowest BCUT2D eigenvalue weighted by Gasteiger charge is -2.37. The fraction of sp³-hybridized carbons (Fsp3) is 0.500. The summed E-state index contributed by atoms with van der Waals surface area (Å²) in [5.41, 5.74) is 3.36. The van der Waals surface area contributed by atoms with Crippen LogP contribution in [-0.4, -0.2) is 36.2 Å². The van der Waals surface area contributed by atoms with E-state index in [1.54, 1.807) is 17.6 Å². The Balaban J connectivity index is 2.15. The SMILES string of the molecule is CNC1CCCC(C(=O)NO)C1NC(=O)c1ccc(C)cc1. The van der Waals surface area contributed by atoms with Gasteiger partial charge < -0.3 is 10.6 Å². The zero-order chi connectivity index (χ0) is 16.1. The number of benzene rings is 1. The van der Waals surface area contributed by atoms with Crippen LogP contribution < -0.4 is 16.1 Å². The molecular formula is C16H23N3O3. The Labute approximate surface area is 130 Å². The molecule has 22 heavy (non-hydrogen) atoms. The number of carbonyl (C=O) groups is 2. The molecule has 6 nitrogen and oxygen atoms in total. The Morgan fingerprint density at radius 1 is 1.18 bits per heavy atom. The van der Waals surface area contributed by atoms with Crippen molar-refractivity contribution in [1.29, 1.82) is 0 Å². The van der Waals surface area contributed by atoms with Crippen LogP contribution in [0.25, 0.3) is 0 Å². The summed E-state index contributed by atoms with van der Waals surface area (Å²) in [6.45, 7) is 1.96. The summed E-state index contributed by atoms with van der Waals surface area (Å²) >= 11 is 0. The third kappa shape index (κ3) is 3.64. The molecule has 0 radical (unpaired) electrons. The maximum Gasteiger partial charge on any atom is 0.251 e. The summed E-state index contributed by atoms with van der Waals surface area (Å²) in [7, 11) is 1.81. The summed E-state index contributed by atoms with van der Waals surface area (Å²) in [5, 5.41) is 15.0. The zero-order valence-corrected chi connectivity index (χ0v) is 12.9. The van der Waals surface area contributed by atoms with Crippen LogP contribution in [0.5, 0.6) is 0 Å². The Morgan fingerprint density at radius 3 is 2.45 bits per heavy atom. The standard InChI is InChI=1S/C16H23N3O3/c1-10-6-8-11(9-7-10)15(20)18-14-12(16(21)19-22)4-3-5-13(14)17-2/h6-9,12-14,17,22H,3-5H2,1-2H3,(H,18,20)(H,19,21). The summed E-state index contributed by atoms with van der Waals surface area (Å²) in [5.74, 6) is -1.09. The van der Waals surface area contributed by atoms with Crippen molar-refractivity contribution in [3.8, 4) is 0 Å². The summed E-state index contributed by atoms with van der Waals surface area (Å²) in [6.07, 6.45) is 2.40. The molecule has 1 aromatic rings. The van der Waals surface area contributed by atoms with Gasteiger partial charge in [-0.1, -0.05) is 24.1 Å². The molecule has 2 rings (SSSR count). The van der Waals surface area contributed by atoms with Gasteiger partial charge in [-0.2, -0.15) is 0 Å². The molecule has 0 aromatic heterocycles. The molecule has 0 saturated heterocycles.